The molecule has 26 heavy (non-hydrogen) atoms. The van der Waals surface area contributed by atoms with E-state index >= 15 is 0 Å². The van der Waals surface area contributed by atoms with E-state index in [0.29, 0.717) is 25.5 Å². The van der Waals surface area contributed by atoms with Crippen molar-refractivity contribution in [1.82, 2.24) is 14.6 Å². The Morgan fingerprint density at radius 1 is 1.23 bits per heavy atom. The van der Waals surface area contributed by atoms with Gasteiger partial charge < -0.3 is 10.1 Å². The molecule has 2 aromatic rings. The molecule has 2 heterocycles. The van der Waals surface area contributed by atoms with Crippen LogP contribution >= 0.6 is 12.4 Å². The largest absolute Gasteiger partial charge is 0.481 e. The van der Waals surface area contributed by atoms with Gasteiger partial charge in [0.1, 0.15) is 4.90 Å². The molecule has 1 aliphatic heterocycles. The molecule has 3 rings (SSSR count). The number of nitrogens with zero attached hydrogens (tertiary/aromatic N) is 2. The van der Waals surface area contributed by atoms with Crippen LogP contribution in [0.3, 0.4) is 0 Å². The van der Waals surface area contributed by atoms with E-state index in [1.165, 1.54) is 18.9 Å². The fourth-order valence-corrected chi connectivity index (χ4v) is 4.57. The summed E-state index contributed by atoms with van der Waals surface area (Å²) in [4.78, 5) is 4.22. The first-order chi connectivity index (χ1) is 12.1. The highest BCUT2D eigenvalue weighted by atomic mass is 35.5. The molecule has 0 radical (unpaired) electrons. The first-order valence-corrected chi connectivity index (χ1v) is 9.81. The van der Waals surface area contributed by atoms with E-state index in [9.17, 15) is 8.42 Å². The summed E-state index contributed by atoms with van der Waals surface area (Å²) in [7, 11) is -2.12. The van der Waals surface area contributed by atoms with Gasteiger partial charge in [-0.2, -0.15) is 4.31 Å². The van der Waals surface area contributed by atoms with Crippen LogP contribution in [0.25, 0.3) is 0 Å². The number of halogens is 1. The quantitative estimate of drug-likeness (QED) is 0.838. The number of benzene rings is 1. The maximum absolute atomic E-state index is 13.1. The summed E-state index contributed by atoms with van der Waals surface area (Å²) in [5.74, 6) is 0.394. The van der Waals surface area contributed by atoms with Crippen LogP contribution in [-0.4, -0.2) is 44.5 Å². The van der Waals surface area contributed by atoms with Gasteiger partial charge in [0.15, 0.2) is 0 Å². The van der Waals surface area contributed by atoms with E-state index in [0.717, 1.165) is 12.0 Å². The second-order valence-electron chi connectivity index (χ2n) is 5.97. The standard InChI is InChI=1S/C18H23N3O3S.ClH/c1-3-14-4-6-15(7-5-14)17-13-19-10-11-21(17)25(22,23)16-8-9-18(24-2)20-12-16;/h4-9,12,17,19H,3,10-11,13H2,1-2H3;1H. The summed E-state index contributed by atoms with van der Waals surface area (Å²) in [6, 6.07) is 11.0. The molecule has 0 amide bonds. The van der Waals surface area contributed by atoms with E-state index in [1.54, 1.807) is 16.4 Å². The lowest BCUT2D eigenvalue weighted by atomic mass is 10.0. The van der Waals surface area contributed by atoms with Crippen LogP contribution < -0.4 is 10.1 Å². The van der Waals surface area contributed by atoms with Gasteiger partial charge in [0, 0.05) is 25.7 Å². The summed E-state index contributed by atoms with van der Waals surface area (Å²) < 4.78 is 32.8. The molecule has 142 valence electrons. The van der Waals surface area contributed by atoms with Gasteiger partial charge >= 0.3 is 0 Å². The Kier molecular flexibility index (Phi) is 7.00. The maximum atomic E-state index is 13.1. The monoisotopic (exact) mass is 397 g/mol. The molecule has 1 saturated heterocycles. The number of ether oxygens (including phenoxy) is 1. The number of hydrogen-bond donors (Lipinski definition) is 1. The van der Waals surface area contributed by atoms with E-state index < -0.39 is 10.0 Å². The van der Waals surface area contributed by atoms with Crippen LogP contribution in [0.2, 0.25) is 0 Å². The van der Waals surface area contributed by atoms with Gasteiger partial charge in [-0.25, -0.2) is 13.4 Å². The SMILES string of the molecule is CCc1ccc(C2CNCCN2S(=O)(=O)c2ccc(OC)nc2)cc1.Cl. The molecule has 1 unspecified atom stereocenters. The number of hydrogen-bond acceptors (Lipinski definition) is 5. The third-order valence-electron chi connectivity index (χ3n) is 4.49. The zero-order valence-corrected chi connectivity index (χ0v) is 16.5. The Bertz CT molecular complexity index is 811. The molecule has 1 N–H and O–H groups in total. The van der Waals surface area contributed by atoms with E-state index in [1.807, 2.05) is 12.1 Å². The van der Waals surface area contributed by atoms with Crippen LogP contribution in [0.1, 0.15) is 24.1 Å². The van der Waals surface area contributed by atoms with Gasteiger partial charge in [-0.3, -0.25) is 0 Å². The van der Waals surface area contributed by atoms with Crippen LogP contribution in [0, 0.1) is 0 Å². The number of aryl methyl sites for hydroxylation is 1. The van der Waals surface area contributed by atoms with Crippen LogP contribution in [0.5, 0.6) is 5.88 Å². The molecule has 6 nitrogen and oxygen atoms in total. The summed E-state index contributed by atoms with van der Waals surface area (Å²) in [6.45, 7) is 3.75. The van der Waals surface area contributed by atoms with Gasteiger partial charge in [0.2, 0.25) is 15.9 Å². The Morgan fingerprint density at radius 3 is 2.54 bits per heavy atom. The van der Waals surface area contributed by atoms with E-state index in [2.05, 4.69) is 29.4 Å². The van der Waals surface area contributed by atoms with E-state index in [4.69, 9.17) is 4.74 Å². The molecular weight excluding hydrogens is 374 g/mol. The predicted molar refractivity (Wildman–Crippen MR) is 103 cm³/mol. The summed E-state index contributed by atoms with van der Waals surface area (Å²) in [6.07, 6.45) is 2.32. The summed E-state index contributed by atoms with van der Waals surface area (Å²) in [5, 5.41) is 3.29. The first kappa shape index (κ1) is 20.6. The molecule has 0 bridgehead atoms. The molecule has 1 aromatic carbocycles. The average molecular weight is 398 g/mol. The Balaban J connectivity index is 0.00000243. The number of sulfonamides is 1. The molecule has 0 aliphatic carbocycles. The predicted octanol–water partition coefficient (Wildman–Crippen LogP) is 2.41. The first-order valence-electron chi connectivity index (χ1n) is 8.37. The summed E-state index contributed by atoms with van der Waals surface area (Å²) >= 11 is 0. The Hall–Kier alpha value is -1.67. The second kappa shape index (κ2) is 8.81. The van der Waals surface area contributed by atoms with Crippen molar-refractivity contribution in [2.45, 2.75) is 24.3 Å². The van der Waals surface area contributed by atoms with Crippen LogP contribution in [0.15, 0.2) is 47.5 Å². The third kappa shape index (κ3) is 4.17. The van der Waals surface area contributed by atoms with Gasteiger partial charge in [0.25, 0.3) is 0 Å². The second-order valence-corrected chi connectivity index (χ2v) is 7.86. The number of piperazine rings is 1. The van der Waals surface area contributed by atoms with Crippen molar-refractivity contribution >= 4 is 22.4 Å². The lowest BCUT2D eigenvalue weighted by Crippen LogP contribution is -2.48. The molecular formula is C18H24ClN3O3S. The Morgan fingerprint density at radius 2 is 1.96 bits per heavy atom. The van der Waals surface area contributed by atoms with Gasteiger partial charge in [-0.15, -0.1) is 12.4 Å². The molecule has 0 saturated carbocycles. The average Bonchev–Trinajstić information content (AvgIpc) is 2.68. The van der Waals surface area contributed by atoms with Crippen molar-refractivity contribution in [3.05, 3.63) is 53.7 Å². The van der Waals surface area contributed by atoms with Crippen molar-refractivity contribution < 1.29 is 13.2 Å². The molecule has 8 heteroatoms. The minimum Gasteiger partial charge on any atom is -0.481 e. The lowest BCUT2D eigenvalue weighted by molar-refractivity contribution is 0.271. The summed E-state index contributed by atoms with van der Waals surface area (Å²) in [5.41, 5.74) is 2.23. The molecule has 1 aromatic heterocycles. The number of pyridine rings is 1. The minimum absolute atomic E-state index is 0. The number of nitrogens with one attached hydrogen (secondary N) is 1. The third-order valence-corrected chi connectivity index (χ3v) is 6.38. The highest BCUT2D eigenvalue weighted by Crippen LogP contribution is 2.29. The fraction of sp³-hybridized carbons (Fsp3) is 0.389. The zero-order chi connectivity index (χ0) is 17.9. The number of methoxy groups -OCH3 is 1. The van der Waals surface area contributed by atoms with Crippen LogP contribution in [-0.2, 0) is 16.4 Å². The van der Waals surface area contributed by atoms with Gasteiger partial charge in [0.05, 0.1) is 19.3 Å². The van der Waals surface area contributed by atoms with Crippen molar-refractivity contribution in [3.8, 4) is 5.88 Å². The number of aromatic nitrogens is 1. The molecule has 1 fully saturated rings. The van der Waals surface area contributed by atoms with Gasteiger partial charge in [-0.1, -0.05) is 31.2 Å². The Labute approximate surface area is 161 Å². The smallest absolute Gasteiger partial charge is 0.245 e. The topological polar surface area (TPSA) is 71.5 Å². The van der Waals surface area contributed by atoms with Gasteiger partial charge in [-0.05, 0) is 23.6 Å². The fourth-order valence-electron chi connectivity index (χ4n) is 3.01. The normalized spacial score (nSPS) is 18.2. The van der Waals surface area contributed by atoms with E-state index in [-0.39, 0.29) is 23.3 Å². The zero-order valence-electron chi connectivity index (χ0n) is 14.9. The highest BCUT2D eigenvalue weighted by molar-refractivity contribution is 7.89. The van der Waals surface area contributed by atoms with Crippen molar-refractivity contribution in [2.24, 2.45) is 0 Å². The minimum atomic E-state index is -3.62. The van der Waals surface area contributed by atoms with Crippen molar-refractivity contribution in [1.29, 1.82) is 0 Å². The highest BCUT2D eigenvalue weighted by Gasteiger charge is 2.34. The lowest BCUT2D eigenvalue weighted by Gasteiger charge is -2.35. The van der Waals surface area contributed by atoms with Crippen molar-refractivity contribution in [3.63, 3.8) is 0 Å². The maximum Gasteiger partial charge on any atom is 0.245 e. The molecule has 0 spiro atoms. The van der Waals surface area contributed by atoms with Crippen molar-refractivity contribution in [2.75, 3.05) is 26.7 Å². The molecule has 1 aliphatic rings. The van der Waals surface area contributed by atoms with Crippen LogP contribution in [0.4, 0.5) is 0 Å². The number of rotatable bonds is 5. The molecule has 1 atom stereocenters.